The number of hydrogen-bond acceptors (Lipinski definition) is 4. The number of carbonyl (C=O) groups is 1. The van der Waals surface area contributed by atoms with E-state index in [-0.39, 0.29) is 5.91 Å². The van der Waals surface area contributed by atoms with Gasteiger partial charge in [0.05, 0.1) is 22.5 Å². The van der Waals surface area contributed by atoms with Crippen molar-refractivity contribution in [2.24, 2.45) is 0 Å². The number of amides is 1. The van der Waals surface area contributed by atoms with E-state index in [0.29, 0.717) is 10.7 Å². The molecule has 0 aliphatic rings. The molecule has 1 N–H and O–H groups in total. The van der Waals surface area contributed by atoms with Gasteiger partial charge in [0.15, 0.2) is 5.13 Å². The molecule has 0 radical (unpaired) electrons. The van der Waals surface area contributed by atoms with E-state index in [1.807, 2.05) is 53.9 Å². The quantitative estimate of drug-likeness (QED) is 0.315. The highest BCUT2D eigenvalue weighted by molar-refractivity contribution is 7.14. The number of nitrogens with one attached hydrogen (secondary N) is 1. The van der Waals surface area contributed by atoms with Crippen molar-refractivity contribution in [1.82, 2.24) is 9.97 Å². The molecule has 0 saturated heterocycles. The Morgan fingerprint density at radius 2 is 1.55 bits per heavy atom. The van der Waals surface area contributed by atoms with Crippen LogP contribution in [0.15, 0.2) is 78.2 Å². The number of nitrogens with zero attached hydrogens (tertiary/aromatic N) is 2. The zero-order valence-electron chi connectivity index (χ0n) is 18.7. The molecule has 162 valence electrons. The Bertz CT molecular complexity index is 1500. The molecule has 0 aliphatic carbocycles. The van der Waals surface area contributed by atoms with E-state index in [2.05, 4.69) is 55.3 Å². The van der Waals surface area contributed by atoms with Gasteiger partial charge in [0.2, 0.25) is 0 Å². The van der Waals surface area contributed by atoms with Crippen LogP contribution >= 0.6 is 11.3 Å². The lowest BCUT2D eigenvalue weighted by Gasteiger charge is -2.11. The molecule has 0 unspecified atom stereocenters. The van der Waals surface area contributed by atoms with Crippen LogP contribution in [0.5, 0.6) is 0 Å². The first-order chi connectivity index (χ1) is 16.0. The zero-order chi connectivity index (χ0) is 22.9. The maximum atomic E-state index is 13.4. The largest absolute Gasteiger partial charge is 0.298 e. The highest BCUT2D eigenvalue weighted by atomic mass is 32.1. The Balaban J connectivity index is 1.51. The average Bonchev–Trinajstić information content (AvgIpc) is 3.26. The molecule has 0 bridgehead atoms. The maximum absolute atomic E-state index is 13.4. The monoisotopic (exact) mass is 449 g/mol. The summed E-state index contributed by atoms with van der Waals surface area (Å²) in [6.07, 6.45) is 0. The molecule has 4 nitrogen and oxygen atoms in total. The fourth-order valence-corrected chi connectivity index (χ4v) is 4.79. The van der Waals surface area contributed by atoms with Gasteiger partial charge in [-0.1, -0.05) is 66.2 Å². The summed E-state index contributed by atoms with van der Waals surface area (Å²) in [5.41, 5.74) is 8.62. The van der Waals surface area contributed by atoms with Gasteiger partial charge in [-0.3, -0.25) is 10.1 Å². The molecule has 1 amide bonds. The fraction of sp³-hybridized carbons (Fsp3) is 0.107. The van der Waals surface area contributed by atoms with E-state index in [4.69, 9.17) is 4.98 Å². The molecule has 2 heterocycles. The third-order valence-electron chi connectivity index (χ3n) is 5.76. The lowest BCUT2D eigenvalue weighted by atomic mass is 10.0. The number of rotatable bonds is 4. The molecule has 5 rings (SSSR count). The molecule has 5 aromatic rings. The number of aromatic nitrogens is 2. The second kappa shape index (κ2) is 8.60. The Kier molecular flexibility index (Phi) is 5.48. The minimum absolute atomic E-state index is 0.190. The van der Waals surface area contributed by atoms with Gasteiger partial charge in [0.1, 0.15) is 0 Å². The first kappa shape index (κ1) is 21.0. The lowest BCUT2D eigenvalue weighted by Crippen LogP contribution is -2.13. The summed E-state index contributed by atoms with van der Waals surface area (Å²) in [5, 5.41) is 6.38. The van der Waals surface area contributed by atoms with Crippen LogP contribution in [-0.2, 0) is 0 Å². The predicted octanol–water partition coefficient (Wildman–Crippen LogP) is 7.20. The topological polar surface area (TPSA) is 54.9 Å². The summed E-state index contributed by atoms with van der Waals surface area (Å²) >= 11 is 1.43. The van der Waals surface area contributed by atoms with Gasteiger partial charge in [-0.15, -0.1) is 11.3 Å². The molecule has 5 heteroatoms. The van der Waals surface area contributed by atoms with Crippen LogP contribution < -0.4 is 5.32 Å². The van der Waals surface area contributed by atoms with Crippen molar-refractivity contribution in [1.29, 1.82) is 0 Å². The van der Waals surface area contributed by atoms with Gasteiger partial charge in [-0.2, -0.15) is 0 Å². The van der Waals surface area contributed by atoms with E-state index in [1.54, 1.807) is 0 Å². The fourth-order valence-electron chi connectivity index (χ4n) is 4.08. The number of fused-ring (bicyclic) bond motifs is 1. The van der Waals surface area contributed by atoms with E-state index >= 15 is 0 Å². The van der Waals surface area contributed by atoms with Crippen molar-refractivity contribution in [2.45, 2.75) is 20.8 Å². The van der Waals surface area contributed by atoms with Gasteiger partial charge in [0, 0.05) is 21.9 Å². The van der Waals surface area contributed by atoms with Crippen LogP contribution in [0.4, 0.5) is 5.13 Å². The SMILES string of the molecule is Cc1ccc(-c2csc(NC(=O)c3cc(-c4ccccc4C)nc4ccccc34)n2)c(C)c1. The summed E-state index contributed by atoms with van der Waals surface area (Å²) in [5.74, 6) is -0.190. The molecule has 0 atom stereocenters. The van der Waals surface area contributed by atoms with Crippen molar-refractivity contribution in [2.75, 3.05) is 5.32 Å². The van der Waals surface area contributed by atoms with Gasteiger partial charge < -0.3 is 0 Å². The molecule has 3 aromatic carbocycles. The van der Waals surface area contributed by atoms with Gasteiger partial charge in [-0.05, 0) is 44.0 Å². The Morgan fingerprint density at radius 3 is 2.36 bits per heavy atom. The Morgan fingerprint density at radius 1 is 0.788 bits per heavy atom. The second-order valence-corrected chi connectivity index (χ2v) is 9.06. The summed E-state index contributed by atoms with van der Waals surface area (Å²) in [4.78, 5) is 22.9. The van der Waals surface area contributed by atoms with Crippen LogP contribution in [-0.4, -0.2) is 15.9 Å². The first-order valence-electron chi connectivity index (χ1n) is 10.8. The third kappa shape index (κ3) is 4.15. The maximum Gasteiger partial charge on any atom is 0.258 e. The van der Waals surface area contributed by atoms with Gasteiger partial charge in [0.25, 0.3) is 5.91 Å². The molecule has 0 spiro atoms. The summed E-state index contributed by atoms with van der Waals surface area (Å²) in [7, 11) is 0. The van der Waals surface area contributed by atoms with Crippen molar-refractivity contribution in [3.63, 3.8) is 0 Å². The molecule has 0 aliphatic heterocycles. The third-order valence-corrected chi connectivity index (χ3v) is 6.52. The van der Waals surface area contributed by atoms with Gasteiger partial charge in [-0.25, -0.2) is 9.97 Å². The minimum Gasteiger partial charge on any atom is -0.298 e. The van der Waals surface area contributed by atoms with E-state index < -0.39 is 0 Å². The molecular weight excluding hydrogens is 426 g/mol. The van der Waals surface area contributed by atoms with Crippen molar-refractivity contribution in [3.8, 4) is 22.5 Å². The molecule has 33 heavy (non-hydrogen) atoms. The van der Waals surface area contributed by atoms with E-state index in [0.717, 1.165) is 39.0 Å². The number of aryl methyl sites for hydroxylation is 3. The number of pyridine rings is 1. The van der Waals surface area contributed by atoms with Crippen molar-refractivity contribution < 1.29 is 4.79 Å². The van der Waals surface area contributed by atoms with E-state index in [9.17, 15) is 4.79 Å². The van der Waals surface area contributed by atoms with Crippen LogP contribution in [0.1, 0.15) is 27.0 Å². The highest BCUT2D eigenvalue weighted by Crippen LogP contribution is 2.30. The van der Waals surface area contributed by atoms with Gasteiger partial charge >= 0.3 is 0 Å². The molecule has 0 saturated carbocycles. The smallest absolute Gasteiger partial charge is 0.258 e. The molecular formula is C28H23N3OS. The van der Waals surface area contributed by atoms with Crippen molar-refractivity contribution in [3.05, 3.63) is 100 Å². The summed E-state index contributed by atoms with van der Waals surface area (Å²) < 4.78 is 0. The molecule has 0 fully saturated rings. The number of benzene rings is 3. The standard InChI is InChI=1S/C28H23N3OS/c1-17-12-13-21(19(3)14-17)26-16-33-28(30-26)31-27(32)23-15-25(20-9-5-4-8-18(20)2)29-24-11-7-6-10-22(23)24/h4-16H,1-3H3,(H,30,31,32). The van der Waals surface area contributed by atoms with Crippen LogP contribution in [0, 0.1) is 20.8 Å². The number of para-hydroxylation sites is 1. The number of carbonyl (C=O) groups excluding carboxylic acids is 1. The predicted molar refractivity (Wildman–Crippen MR) is 137 cm³/mol. The number of thiazole rings is 1. The first-order valence-corrected chi connectivity index (χ1v) is 11.7. The van der Waals surface area contributed by atoms with Crippen LogP contribution in [0.2, 0.25) is 0 Å². The Labute approximate surface area is 197 Å². The van der Waals surface area contributed by atoms with Crippen LogP contribution in [0.3, 0.4) is 0 Å². The second-order valence-electron chi connectivity index (χ2n) is 8.20. The highest BCUT2D eigenvalue weighted by Gasteiger charge is 2.17. The molecule has 2 aromatic heterocycles. The van der Waals surface area contributed by atoms with Crippen LogP contribution in [0.25, 0.3) is 33.4 Å². The summed E-state index contributed by atoms with van der Waals surface area (Å²) in [6.45, 7) is 6.21. The Hall–Kier alpha value is -3.83. The minimum atomic E-state index is -0.190. The number of hydrogen-bond donors (Lipinski definition) is 1. The lowest BCUT2D eigenvalue weighted by molar-refractivity contribution is 0.102. The zero-order valence-corrected chi connectivity index (χ0v) is 19.5. The summed E-state index contributed by atoms with van der Waals surface area (Å²) in [6, 6.07) is 24.0. The normalized spacial score (nSPS) is 11.0. The number of anilines is 1. The van der Waals surface area contributed by atoms with Crippen molar-refractivity contribution >= 4 is 33.3 Å². The van der Waals surface area contributed by atoms with E-state index in [1.165, 1.54) is 22.5 Å². The average molecular weight is 450 g/mol.